The molecule has 0 radical (unpaired) electrons. The van der Waals surface area contributed by atoms with E-state index < -0.39 is 12.1 Å². The van der Waals surface area contributed by atoms with Crippen molar-refractivity contribution in [3.63, 3.8) is 0 Å². The number of hydrogen-bond donors (Lipinski definition) is 1. The van der Waals surface area contributed by atoms with Crippen molar-refractivity contribution >= 4 is 34.7 Å². The number of nitrogens with zero attached hydrogens (tertiary/aromatic N) is 1. The van der Waals surface area contributed by atoms with Crippen molar-refractivity contribution in [2.45, 2.75) is 37.9 Å². The highest BCUT2D eigenvalue weighted by Crippen LogP contribution is 2.27. The second kappa shape index (κ2) is 9.60. The number of thioether (sulfide) groups is 1. The molecule has 0 spiro atoms. The minimum atomic E-state index is -0.862. The number of ether oxygens (including phenoxy) is 1. The highest BCUT2D eigenvalue weighted by Gasteiger charge is 2.21. The molecule has 0 aliphatic rings. The lowest BCUT2D eigenvalue weighted by atomic mass is 10.1. The van der Waals surface area contributed by atoms with Gasteiger partial charge in [0, 0.05) is 12.3 Å². The maximum atomic E-state index is 12.6. The second-order valence-corrected chi connectivity index (χ2v) is 8.01. The molecule has 152 valence electrons. The van der Waals surface area contributed by atoms with E-state index >= 15 is 0 Å². The van der Waals surface area contributed by atoms with Crippen LogP contribution in [0.1, 0.15) is 36.7 Å². The van der Waals surface area contributed by atoms with Crippen LogP contribution < -0.4 is 5.32 Å². The molecule has 2 aromatic carbocycles. The molecule has 6 nitrogen and oxygen atoms in total. The van der Waals surface area contributed by atoms with E-state index in [0.717, 1.165) is 16.7 Å². The van der Waals surface area contributed by atoms with Crippen LogP contribution in [0.2, 0.25) is 0 Å². The Labute approximate surface area is 174 Å². The van der Waals surface area contributed by atoms with Crippen molar-refractivity contribution in [2.75, 3.05) is 6.54 Å². The van der Waals surface area contributed by atoms with E-state index in [2.05, 4.69) is 10.3 Å². The number of carbonyl (C=O) groups is 2. The molecule has 3 rings (SSSR count). The number of amides is 1. The first kappa shape index (κ1) is 20.9. The fourth-order valence-electron chi connectivity index (χ4n) is 2.62. The summed E-state index contributed by atoms with van der Waals surface area (Å²) < 4.78 is 11.1. The van der Waals surface area contributed by atoms with Crippen molar-refractivity contribution in [2.24, 2.45) is 5.92 Å². The van der Waals surface area contributed by atoms with E-state index in [0.29, 0.717) is 29.0 Å². The third-order valence-electron chi connectivity index (χ3n) is 4.20. The minimum absolute atomic E-state index is 0.301. The van der Waals surface area contributed by atoms with E-state index in [-0.39, 0.29) is 5.91 Å². The average Bonchev–Trinajstić information content (AvgIpc) is 3.13. The molecule has 1 N–H and O–H groups in total. The molecule has 0 bridgehead atoms. The van der Waals surface area contributed by atoms with Gasteiger partial charge in [0.05, 0.1) is 5.56 Å². The number of esters is 1. The standard InChI is InChI=1S/C22H24N2O4S/c1-14(2)12-23-20(25)15(3)27-21(26)17-9-5-4-8-16(17)13-29-22-24-18-10-6-7-11-19(18)28-22/h4-11,14-15H,12-13H2,1-3H3,(H,23,25)/t15-/m1/s1. The van der Waals surface area contributed by atoms with Gasteiger partial charge in [0.15, 0.2) is 11.7 Å². The fourth-order valence-corrected chi connectivity index (χ4v) is 3.47. The van der Waals surface area contributed by atoms with E-state index in [4.69, 9.17) is 9.15 Å². The van der Waals surface area contributed by atoms with Crippen LogP contribution in [-0.4, -0.2) is 29.5 Å². The number of para-hydroxylation sites is 2. The molecule has 0 fully saturated rings. The van der Waals surface area contributed by atoms with E-state index in [1.165, 1.54) is 11.8 Å². The predicted octanol–water partition coefficient (Wildman–Crippen LogP) is 4.44. The van der Waals surface area contributed by atoms with Gasteiger partial charge < -0.3 is 14.5 Å². The summed E-state index contributed by atoms with van der Waals surface area (Å²) in [5.74, 6) is -0.00532. The minimum Gasteiger partial charge on any atom is -0.449 e. The second-order valence-electron chi connectivity index (χ2n) is 7.08. The van der Waals surface area contributed by atoms with Gasteiger partial charge in [0.2, 0.25) is 0 Å². The van der Waals surface area contributed by atoms with Crippen molar-refractivity contribution < 1.29 is 18.7 Å². The lowest BCUT2D eigenvalue weighted by Crippen LogP contribution is -2.37. The van der Waals surface area contributed by atoms with Crippen LogP contribution in [0.5, 0.6) is 0 Å². The molecular weight excluding hydrogens is 388 g/mol. The van der Waals surface area contributed by atoms with Gasteiger partial charge >= 0.3 is 5.97 Å². The number of oxazole rings is 1. The normalized spacial score (nSPS) is 12.1. The number of fused-ring (bicyclic) bond motifs is 1. The molecule has 1 amide bonds. The Kier molecular flexibility index (Phi) is 6.93. The molecule has 29 heavy (non-hydrogen) atoms. The van der Waals surface area contributed by atoms with Gasteiger partial charge in [0.25, 0.3) is 11.1 Å². The van der Waals surface area contributed by atoms with Crippen LogP contribution in [0.25, 0.3) is 11.1 Å². The molecule has 0 aliphatic heterocycles. The number of rotatable bonds is 8. The van der Waals surface area contributed by atoms with E-state index in [9.17, 15) is 9.59 Å². The Morgan fingerprint density at radius 1 is 1.10 bits per heavy atom. The van der Waals surface area contributed by atoms with E-state index in [1.807, 2.05) is 50.2 Å². The first-order valence-corrected chi connectivity index (χ1v) is 10.5. The number of aromatic nitrogens is 1. The molecule has 1 atom stereocenters. The van der Waals surface area contributed by atoms with Crippen LogP contribution in [0.3, 0.4) is 0 Å². The molecule has 7 heteroatoms. The maximum absolute atomic E-state index is 12.6. The van der Waals surface area contributed by atoms with Gasteiger partial charge in [-0.3, -0.25) is 4.79 Å². The van der Waals surface area contributed by atoms with Crippen LogP contribution in [-0.2, 0) is 15.3 Å². The van der Waals surface area contributed by atoms with Gasteiger partial charge in [-0.1, -0.05) is 55.9 Å². The van der Waals surface area contributed by atoms with Gasteiger partial charge in [-0.05, 0) is 36.6 Å². The van der Waals surface area contributed by atoms with Crippen molar-refractivity contribution in [3.8, 4) is 0 Å². The van der Waals surface area contributed by atoms with Gasteiger partial charge in [-0.25, -0.2) is 9.78 Å². The molecular formula is C22H24N2O4S. The van der Waals surface area contributed by atoms with Crippen LogP contribution in [0.15, 0.2) is 58.2 Å². The molecule has 0 aliphatic carbocycles. The first-order chi connectivity index (χ1) is 13.9. The molecule has 0 unspecified atom stereocenters. The topological polar surface area (TPSA) is 81.4 Å². The number of benzene rings is 2. The SMILES string of the molecule is CC(C)CNC(=O)[C@@H](C)OC(=O)c1ccccc1CSc1nc2ccccc2o1. The third-order valence-corrected chi connectivity index (χ3v) is 5.08. The third kappa shape index (κ3) is 5.60. The summed E-state index contributed by atoms with van der Waals surface area (Å²) in [5, 5.41) is 3.31. The van der Waals surface area contributed by atoms with Crippen molar-refractivity contribution in [3.05, 3.63) is 59.7 Å². The van der Waals surface area contributed by atoms with Crippen LogP contribution >= 0.6 is 11.8 Å². The lowest BCUT2D eigenvalue weighted by molar-refractivity contribution is -0.129. The quantitative estimate of drug-likeness (QED) is 0.435. The Bertz CT molecular complexity index is 966. The smallest absolute Gasteiger partial charge is 0.339 e. The zero-order valence-electron chi connectivity index (χ0n) is 16.7. The summed E-state index contributed by atoms with van der Waals surface area (Å²) in [6, 6.07) is 14.7. The zero-order valence-corrected chi connectivity index (χ0v) is 17.5. The molecule has 0 saturated carbocycles. The Balaban J connectivity index is 1.64. The van der Waals surface area contributed by atoms with Gasteiger partial charge in [-0.15, -0.1) is 0 Å². The Hall–Kier alpha value is -2.80. The van der Waals surface area contributed by atoms with Gasteiger partial charge in [-0.2, -0.15) is 0 Å². The van der Waals surface area contributed by atoms with Crippen LogP contribution in [0, 0.1) is 5.92 Å². The summed E-state index contributed by atoms with van der Waals surface area (Å²) in [6.45, 7) is 6.12. The summed E-state index contributed by atoms with van der Waals surface area (Å²) in [7, 11) is 0. The van der Waals surface area contributed by atoms with Gasteiger partial charge in [0.1, 0.15) is 5.52 Å². The summed E-state index contributed by atoms with van der Waals surface area (Å²) in [6.07, 6.45) is -0.862. The van der Waals surface area contributed by atoms with Crippen LogP contribution in [0.4, 0.5) is 0 Å². The zero-order chi connectivity index (χ0) is 20.8. The molecule has 0 saturated heterocycles. The Morgan fingerprint density at radius 2 is 1.83 bits per heavy atom. The number of carbonyl (C=O) groups excluding carboxylic acids is 2. The number of hydrogen-bond acceptors (Lipinski definition) is 6. The predicted molar refractivity (Wildman–Crippen MR) is 113 cm³/mol. The van der Waals surface area contributed by atoms with Crippen molar-refractivity contribution in [1.82, 2.24) is 10.3 Å². The molecule has 1 heterocycles. The monoisotopic (exact) mass is 412 g/mol. The van der Waals surface area contributed by atoms with E-state index in [1.54, 1.807) is 19.1 Å². The number of nitrogens with one attached hydrogen (secondary N) is 1. The summed E-state index contributed by atoms with van der Waals surface area (Å²) >= 11 is 1.40. The molecule has 1 aromatic heterocycles. The molecule has 3 aromatic rings. The lowest BCUT2D eigenvalue weighted by Gasteiger charge is -2.15. The fraction of sp³-hybridized carbons (Fsp3) is 0.318. The maximum Gasteiger partial charge on any atom is 0.339 e. The summed E-state index contributed by atoms with van der Waals surface area (Å²) in [5.41, 5.74) is 2.74. The highest BCUT2D eigenvalue weighted by molar-refractivity contribution is 7.98. The summed E-state index contributed by atoms with van der Waals surface area (Å²) in [4.78, 5) is 29.1. The highest BCUT2D eigenvalue weighted by atomic mass is 32.2. The average molecular weight is 413 g/mol. The Morgan fingerprint density at radius 3 is 2.59 bits per heavy atom. The first-order valence-electron chi connectivity index (χ1n) is 9.49. The van der Waals surface area contributed by atoms with Crippen molar-refractivity contribution in [1.29, 1.82) is 0 Å². The largest absolute Gasteiger partial charge is 0.449 e.